The minimum atomic E-state index is -3.42. The molecule has 0 unspecified atom stereocenters. The second kappa shape index (κ2) is 6.25. The number of hydrogen-bond acceptors (Lipinski definition) is 5. The van der Waals surface area contributed by atoms with Crippen LogP contribution in [0.5, 0.6) is 0 Å². The molecule has 1 N–H and O–H groups in total. The van der Waals surface area contributed by atoms with Crippen molar-refractivity contribution in [1.82, 2.24) is 14.3 Å². The molecule has 1 aliphatic heterocycles. The summed E-state index contributed by atoms with van der Waals surface area (Å²) in [5.41, 5.74) is 1.13. The maximum absolute atomic E-state index is 12.6. The molecule has 0 radical (unpaired) electrons. The van der Waals surface area contributed by atoms with Crippen LogP contribution in [0.4, 0.5) is 5.95 Å². The molecule has 1 aromatic carbocycles. The Hall–Kier alpha value is -1.99. The fourth-order valence-electron chi connectivity index (χ4n) is 2.46. The lowest BCUT2D eigenvalue weighted by Crippen LogP contribution is -2.56. The summed E-state index contributed by atoms with van der Waals surface area (Å²) in [4.78, 5) is 8.51. The van der Waals surface area contributed by atoms with Gasteiger partial charge < -0.3 is 5.32 Å². The van der Waals surface area contributed by atoms with E-state index in [1.54, 1.807) is 30.6 Å². The molecule has 2 heterocycles. The van der Waals surface area contributed by atoms with Gasteiger partial charge in [0.05, 0.1) is 10.9 Å². The van der Waals surface area contributed by atoms with E-state index in [9.17, 15) is 8.42 Å². The lowest BCUT2D eigenvalue weighted by atomic mass is 10.0. The molecule has 2 aromatic rings. The smallest absolute Gasteiger partial charge is 0.243 e. The lowest BCUT2D eigenvalue weighted by Gasteiger charge is -2.38. The molecule has 1 aliphatic rings. The van der Waals surface area contributed by atoms with Crippen molar-refractivity contribution in [2.75, 3.05) is 18.4 Å². The Morgan fingerprint density at radius 3 is 2.30 bits per heavy atom. The Labute approximate surface area is 136 Å². The van der Waals surface area contributed by atoms with E-state index in [2.05, 4.69) is 29.1 Å². The van der Waals surface area contributed by atoms with Crippen molar-refractivity contribution in [2.45, 2.75) is 30.7 Å². The molecule has 0 atom stereocenters. The van der Waals surface area contributed by atoms with E-state index in [1.807, 2.05) is 12.1 Å². The Morgan fingerprint density at radius 1 is 1.13 bits per heavy atom. The SMILES string of the molecule is CC(C)c1ccc(S(=O)(=O)N2CC(Nc3ncccn3)C2)cc1. The van der Waals surface area contributed by atoms with Gasteiger partial charge in [0.1, 0.15) is 0 Å². The molecule has 1 fully saturated rings. The molecule has 1 saturated heterocycles. The van der Waals surface area contributed by atoms with Gasteiger partial charge in [-0.2, -0.15) is 4.31 Å². The highest BCUT2D eigenvalue weighted by atomic mass is 32.2. The molecular formula is C16H20N4O2S. The van der Waals surface area contributed by atoms with E-state index in [0.29, 0.717) is 29.9 Å². The summed E-state index contributed by atoms with van der Waals surface area (Å²) in [5, 5.41) is 3.13. The number of nitrogens with zero attached hydrogens (tertiary/aromatic N) is 3. The molecule has 0 aliphatic carbocycles. The van der Waals surface area contributed by atoms with E-state index in [0.717, 1.165) is 5.56 Å². The second-order valence-corrected chi connectivity index (χ2v) is 7.90. The fourth-order valence-corrected chi connectivity index (χ4v) is 3.99. The Bertz CT molecular complexity index is 754. The third-order valence-electron chi connectivity index (χ3n) is 3.93. The Morgan fingerprint density at radius 2 is 1.74 bits per heavy atom. The van der Waals surface area contributed by atoms with Crippen LogP contribution in [0.25, 0.3) is 0 Å². The molecule has 0 bridgehead atoms. The van der Waals surface area contributed by atoms with E-state index < -0.39 is 10.0 Å². The molecule has 0 saturated carbocycles. The molecule has 3 rings (SSSR count). The van der Waals surface area contributed by atoms with Crippen LogP contribution in [0.15, 0.2) is 47.6 Å². The van der Waals surface area contributed by atoms with Crippen molar-refractivity contribution in [3.05, 3.63) is 48.3 Å². The Balaban J connectivity index is 1.63. The van der Waals surface area contributed by atoms with Crippen molar-refractivity contribution in [1.29, 1.82) is 0 Å². The van der Waals surface area contributed by atoms with E-state index in [-0.39, 0.29) is 6.04 Å². The number of aromatic nitrogens is 2. The third-order valence-corrected chi connectivity index (χ3v) is 5.78. The summed E-state index contributed by atoms with van der Waals surface area (Å²) in [5.74, 6) is 0.908. The van der Waals surface area contributed by atoms with Gasteiger partial charge in [-0.05, 0) is 29.7 Å². The summed E-state index contributed by atoms with van der Waals surface area (Å²) in [6, 6.07) is 8.92. The molecule has 6 nitrogen and oxygen atoms in total. The van der Waals surface area contributed by atoms with Crippen molar-refractivity contribution in [3.63, 3.8) is 0 Å². The molecule has 0 amide bonds. The Kier molecular flexibility index (Phi) is 4.32. The zero-order valence-electron chi connectivity index (χ0n) is 13.2. The third kappa shape index (κ3) is 3.35. The first-order valence-corrected chi connectivity index (χ1v) is 9.04. The number of hydrogen-bond donors (Lipinski definition) is 1. The van der Waals surface area contributed by atoms with Crippen molar-refractivity contribution in [3.8, 4) is 0 Å². The minimum Gasteiger partial charge on any atom is -0.349 e. The lowest BCUT2D eigenvalue weighted by molar-refractivity contribution is 0.280. The first-order valence-electron chi connectivity index (χ1n) is 7.60. The number of benzene rings is 1. The van der Waals surface area contributed by atoms with Crippen LogP contribution >= 0.6 is 0 Å². The molecule has 23 heavy (non-hydrogen) atoms. The summed E-state index contributed by atoms with van der Waals surface area (Å²) < 4.78 is 26.6. The zero-order chi connectivity index (χ0) is 16.4. The van der Waals surface area contributed by atoms with Gasteiger partial charge in [0.15, 0.2) is 0 Å². The van der Waals surface area contributed by atoms with Gasteiger partial charge >= 0.3 is 0 Å². The van der Waals surface area contributed by atoms with Crippen LogP contribution in [0, 0.1) is 0 Å². The van der Waals surface area contributed by atoms with Gasteiger partial charge in [-0.15, -0.1) is 0 Å². The topological polar surface area (TPSA) is 75.2 Å². The van der Waals surface area contributed by atoms with Crippen LogP contribution < -0.4 is 5.32 Å². The van der Waals surface area contributed by atoms with Crippen LogP contribution in [-0.4, -0.2) is 41.8 Å². The van der Waals surface area contributed by atoms with Gasteiger partial charge in [-0.1, -0.05) is 26.0 Å². The average molecular weight is 332 g/mol. The minimum absolute atomic E-state index is 0.0436. The van der Waals surface area contributed by atoms with Crippen LogP contribution in [0.3, 0.4) is 0 Å². The van der Waals surface area contributed by atoms with Gasteiger partial charge in [0.25, 0.3) is 0 Å². The first-order chi connectivity index (χ1) is 11.0. The monoisotopic (exact) mass is 332 g/mol. The summed E-state index contributed by atoms with van der Waals surface area (Å²) in [7, 11) is -3.42. The number of nitrogens with one attached hydrogen (secondary N) is 1. The zero-order valence-corrected chi connectivity index (χ0v) is 14.0. The maximum Gasteiger partial charge on any atom is 0.243 e. The molecule has 7 heteroatoms. The summed E-state index contributed by atoms with van der Waals surface area (Å²) >= 11 is 0. The number of rotatable bonds is 5. The van der Waals surface area contributed by atoms with E-state index >= 15 is 0 Å². The van der Waals surface area contributed by atoms with Crippen molar-refractivity contribution in [2.24, 2.45) is 0 Å². The van der Waals surface area contributed by atoms with Gasteiger partial charge in [-0.25, -0.2) is 18.4 Å². The van der Waals surface area contributed by atoms with Gasteiger partial charge in [0.2, 0.25) is 16.0 Å². The highest BCUT2D eigenvalue weighted by Gasteiger charge is 2.37. The van der Waals surface area contributed by atoms with Crippen LogP contribution in [0.2, 0.25) is 0 Å². The molecule has 1 aromatic heterocycles. The molecule has 122 valence electrons. The van der Waals surface area contributed by atoms with E-state index in [1.165, 1.54) is 4.31 Å². The second-order valence-electron chi connectivity index (χ2n) is 5.96. The van der Waals surface area contributed by atoms with Crippen LogP contribution in [0.1, 0.15) is 25.3 Å². The fraction of sp³-hybridized carbons (Fsp3) is 0.375. The summed E-state index contributed by atoms with van der Waals surface area (Å²) in [6.07, 6.45) is 3.30. The highest BCUT2D eigenvalue weighted by molar-refractivity contribution is 7.89. The molecular weight excluding hydrogens is 312 g/mol. The molecule has 0 spiro atoms. The maximum atomic E-state index is 12.6. The normalized spacial score (nSPS) is 16.3. The number of sulfonamides is 1. The van der Waals surface area contributed by atoms with Gasteiger partial charge in [0, 0.05) is 25.5 Å². The van der Waals surface area contributed by atoms with Crippen LogP contribution in [-0.2, 0) is 10.0 Å². The quantitative estimate of drug-likeness (QED) is 0.907. The average Bonchev–Trinajstić information content (AvgIpc) is 2.51. The van der Waals surface area contributed by atoms with E-state index in [4.69, 9.17) is 0 Å². The van der Waals surface area contributed by atoms with Crippen molar-refractivity contribution >= 4 is 16.0 Å². The predicted octanol–water partition coefficient (Wildman–Crippen LogP) is 2.08. The first kappa shape index (κ1) is 15.9. The van der Waals surface area contributed by atoms with Gasteiger partial charge in [-0.3, -0.25) is 0 Å². The standard InChI is InChI=1S/C16H20N4O2S/c1-12(2)13-4-6-15(7-5-13)23(21,22)20-10-14(11-20)19-16-17-8-3-9-18-16/h3-9,12,14H,10-11H2,1-2H3,(H,17,18,19). The number of anilines is 1. The highest BCUT2D eigenvalue weighted by Crippen LogP contribution is 2.24. The largest absolute Gasteiger partial charge is 0.349 e. The van der Waals surface area contributed by atoms with Crippen molar-refractivity contribution < 1.29 is 8.42 Å². The predicted molar refractivity (Wildman–Crippen MR) is 88.7 cm³/mol. The summed E-state index contributed by atoms with van der Waals surface area (Å²) in [6.45, 7) is 5.01.